The van der Waals surface area contributed by atoms with Gasteiger partial charge in [0.1, 0.15) is 0 Å². The molecule has 2 aliphatic heterocycles. The third-order valence-electron chi connectivity index (χ3n) is 6.07. The summed E-state index contributed by atoms with van der Waals surface area (Å²) in [6.07, 6.45) is 5.42. The monoisotopic (exact) mass is 365 g/mol. The van der Waals surface area contributed by atoms with Gasteiger partial charge in [0.15, 0.2) is 0 Å². The van der Waals surface area contributed by atoms with Crippen molar-refractivity contribution in [2.75, 3.05) is 52.5 Å². The zero-order chi connectivity index (χ0) is 18.5. The number of hydrogen-bond donors (Lipinski definition) is 0. The second-order valence-electron chi connectivity index (χ2n) is 8.44. The first-order valence-corrected chi connectivity index (χ1v) is 10.4. The maximum atomic E-state index is 13.3. The third-order valence-corrected chi connectivity index (χ3v) is 6.07. The molecule has 3 fully saturated rings. The molecule has 1 aliphatic carbocycles. The molecule has 0 aromatic heterocycles. The summed E-state index contributed by atoms with van der Waals surface area (Å²) in [5, 5.41) is 0. The summed E-state index contributed by atoms with van der Waals surface area (Å²) in [6, 6.07) is -0.00190. The highest BCUT2D eigenvalue weighted by molar-refractivity contribution is 5.82. The highest BCUT2D eigenvalue weighted by Gasteiger charge is 2.39. The van der Waals surface area contributed by atoms with Gasteiger partial charge < -0.3 is 14.5 Å². The molecule has 0 aromatic carbocycles. The Balaban J connectivity index is 1.62. The second kappa shape index (κ2) is 9.18. The van der Waals surface area contributed by atoms with Gasteiger partial charge in [0.2, 0.25) is 11.8 Å². The molecule has 6 nitrogen and oxygen atoms in total. The summed E-state index contributed by atoms with van der Waals surface area (Å²) in [5.74, 6) is 1.43. The van der Waals surface area contributed by atoms with E-state index in [-0.39, 0.29) is 11.9 Å². The van der Waals surface area contributed by atoms with E-state index in [1.807, 2.05) is 9.80 Å². The normalized spacial score (nSPS) is 24.3. The molecule has 0 bridgehead atoms. The van der Waals surface area contributed by atoms with E-state index in [9.17, 15) is 9.59 Å². The SMILES string of the molecule is CC(C)CC(=O)N1CCN([C@H](C(=O)N2CCOCC2)C2CCCC2)CC1. The van der Waals surface area contributed by atoms with Gasteiger partial charge in [-0.3, -0.25) is 14.5 Å². The molecule has 0 radical (unpaired) electrons. The fourth-order valence-corrected chi connectivity index (χ4v) is 4.63. The summed E-state index contributed by atoms with van der Waals surface area (Å²) in [5.41, 5.74) is 0. The van der Waals surface area contributed by atoms with Crippen molar-refractivity contribution in [2.45, 2.75) is 52.0 Å². The van der Waals surface area contributed by atoms with Crippen LogP contribution in [0.4, 0.5) is 0 Å². The summed E-state index contributed by atoms with van der Waals surface area (Å²) >= 11 is 0. The number of morpholine rings is 1. The van der Waals surface area contributed by atoms with Crippen molar-refractivity contribution >= 4 is 11.8 Å². The van der Waals surface area contributed by atoms with Gasteiger partial charge >= 0.3 is 0 Å². The fourth-order valence-electron chi connectivity index (χ4n) is 4.63. The minimum Gasteiger partial charge on any atom is -0.378 e. The maximum Gasteiger partial charge on any atom is 0.240 e. The van der Waals surface area contributed by atoms with Gasteiger partial charge in [0.05, 0.1) is 19.3 Å². The van der Waals surface area contributed by atoms with Crippen LogP contribution in [0.5, 0.6) is 0 Å². The van der Waals surface area contributed by atoms with E-state index in [0.717, 1.165) is 52.1 Å². The Kier molecular flexibility index (Phi) is 6.92. The molecular formula is C20H35N3O3. The predicted molar refractivity (Wildman–Crippen MR) is 101 cm³/mol. The van der Waals surface area contributed by atoms with Crippen LogP contribution in [0.1, 0.15) is 46.0 Å². The standard InChI is InChI=1S/C20H35N3O3/c1-16(2)15-18(24)21-7-9-22(10-8-21)19(17-5-3-4-6-17)20(25)23-11-13-26-14-12-23/h16-17,19H,3-15H2,1-2H3/t19-/m0/s1. The molecule has 3 rings (SSSR count). The van der Waals surface area contributed by atoms with Crippen molar-refractivity contribution in [1.29, 1.82) is 0 Å². The molecule has 6 heteroatoms. The van der Waals surface area contributed by atoms with E-state index in [1.165, 1.54) is 12.8 Å². The third kappa shape index (κ3) is 4.77. The number of piperazine rings is 1. The van der Waals surface area contributed by atoms with Crippen LogP contribution in [0.2, 0.25) is 0 Å². The number of ether oxygens (including phenoxy) is 1. The average Bonchev–Trinajstić information content (AvgIpc) is 3.17. The zero-order valence-electron chi connectivity index (χ0n) is 16.5. The Bertz CT molecular complexity index is 477. The minimum absolute atomic E-state index is 0.00190. The Morgan fingerprint density at radius 1 is 0.923 bits per heavy atom. The number of rotatable bonds is 5. The molecule has 0 aromatic rings. The number of amides is 2. The van der Waals surface area contributed by atoms with E-state index < -0.39 is 0 Å². The number of hydrogen-bond acceptors (Lipinski definition) is 4. The number of carbonyl (C=O) groups is 2. The van der Waals surface area contributed by atoms with Crippen molar-refractivity contribution in [3.8, 4) is 0 Å². The van der Waals surface area contributed by atoms with Crippen LogP contribution in [0, 0.1) is 11.8 Å². The lowest BCUT2D eigenvalue weighted by Crippen LogP contribution is -2.59. The minimum atomic E-state index is -0.00190. The van der Waals surface area contributed by atoms with Crippen molar-refractivity contribution in [1.82, 2.24) is 14.7 Å². The van der Waals surface area contributed by atoms with E-state index >= 15 is 0 Å². The average molecular weight is 366 g/mol. The first-order chi connectivity index (χ1) is 12.6. The summed E-state index contributed by atoms with van der Waals surface area (Å²) in [4.78, 5) is 32.0. The van der Waals surface area contributed by atoms with Crippen LogP contribution in [0.3, 0.4) is 0 Å². The van der Waals surface area contributed by atoms with E-state index in [0.29, 0.717) is 37.4 Å². The first-order valence-electron chi connectivity index (χ1n) is 10.4. The smallest absolute Gasteiger partial charge is 0.240 e. The molecule has 0 unspecified atom stereocenters. The molecular weight excluding hydrogens is 330 g/mol. The lowest BCUT2D eigenvalue weighted by atomic mass is 9.94. The van der Waals surface area contributed by atoms with Gasteiger partial charge in [-0.05, 0) is 24.7 Å². The number of nitrogens with zero attached hydrogens (tertiary/aromatic N) is 3. The van der Waals surface area contributed by atoms with Gasteiger partial charge in [-0.15, -0.1) is 0 Å². The lowest BCUT2D eigenvalue weighted by molar-refractivity contribution is -0.145. The molecule has 0 N–H and O–H groups in total. The maximum absolute atomic E-state index is 13.3. The highest BCUT2D eigenvalue weighted by atomic mass is 16.5. The Hall–Kier alpha value is -1.14. The molecule has 0 spiro atoms. The first kappa shape index (κ1) is 19.6. The highest BCUT2D eigenvalue weighted by Crippen LogP contribution is 2.32. The van der Waals surface area contributed by atoms with E-state index in [4.69, 9.17) is 4.74 Å². The van der Waals surface area contributed by atoms with Gasteiger partial charge in [-0.25, -0.2) is 0 Å². The van der Waals surface area contributed by atoms with Gasteiger partial charge in [-0.2, -0.15) is 0 Å². The Labute approximate surface area is 157 Å². The Morgan fingerprint density at radius 3 is 2.12 bits per heavy atom. The van der Waals surface area contributed by atoms with Crippen LogP contribution in [-0.4, -0.2) is 85.0 Å². The van der Waals surface area contributed by atoms with Crippen LogP contribution >= 0.6 is 0 Å². The van der Waals surface area contributed by atoms with Crippen molar-refractivity contribution in [3.05, 3.63) is 0 Å². The molecule has 1 saturated carbocycles. The topological polar surface area (TPSA) is 53.1 Å². The van der Waals surface area contributed by atoms with Crippen LogP contribution in [0.25, 0.3) is 0 Å². The van der Waals surface area contributed by atoms with E-state index in [2.05, 4.69) is 18.7 Å². The van der Waals surface area contributed by atoms with Crippen molar-refractivity contribution in [2.24, 2.45) is 11.8 Å². The summed E-state index contributed by atoms with van der Waals surface area (Å²) in [7, 11) is 0. The molecule has 2 saturated heterocycles. The largest absolute Gasteiger partial charge is 0.378 e. The van der Waals surface area contributed by atoms with Crippen molar-refractivity contribution in [3.63, 3.8) is 0 Å². The zero-order valence-corrected chi connectivity index (χ0v) is 16.5. The Morgan fingerprint density at radius 2 is 1.54 bits per heavy atom. The van der Waals surface area contributed by atoms with Crippen molar-refractivity contribution < 1.29 is 14.3 Å². The molecule has 3 aliphatic rings. The summed E-state index contributed by atoms with van der Waals surface area (Å²) in [6.45, 7) is 10.1. The molecule has 26 heavy (non-hydrogen) atoms. The lowest BCUT2D eigenvalue weighted by Gasteiger charge is -2.43. The second-order valence-corrected chi connectivity index (χ2v) is 8.44. The quantitative estimate of drug-likeness (QED) is 0.743. The summed E-state index contributed by atoms with van der Waals surface area (Å²) < 4.78 is 5.42. The van der Waals surface area contributed by atoms with Gasteiger partial charge in [0, 0.05) is 45.7 Å². The van der Waals surface area contributed by atoms with Gasteiger partial charge in [-0.1, -0.05) is 26.7 Å². The van der Waals surface area contributed by atoms with Gasteiger partial charge in [0.25, 0.3) is 0 Å². The van der Waals surface area contributed by atoms with Crippen LogP contribution in [-0.2, 0) is 14.3 Å². The molecule has 148 valence electrons. The molecule has 2 heterocycles. The molecule has 2 amide bonds. The van der Waals surface area contributed by atoms with Crippen LogP contribution < -0.4 is 0 Å². The van der Waals surface area contributed by atoms with E-state index in [1.54, 1.807) is 0 Å². The number of carbonyl (C=O) groups excluding carboxylic acids is 2. The fraction of sp³-hybridized carbons (Fsp3) is 0.900. The van der Waals surface area contributed by atoms with Crippen LogP contribution in [0.15, 0.2) is 0 Å². The predicted octanol–water partition coefficient (Wildman–Crippen LogP) is 1.59. The molecule has 1 atom stereocenters.